The first-order valence-corrected chi connectivity index (χ1v) is 8.60. The fraction of sp³-hybridized carbons (Fsp3) is 0.722. The van der Waals surface area contributed by atoms with Crippen LogP contribution in [-0.4, -0.2) is 66.6 Å². The van der Waals surface area contributed by atoms with Gasteiger partial charge in [0.05, 0.1) is 25.3 Å². The monoisotopic (exact) mass is 336 g/mol. The van der Waals surface area contributed by atoms with Crippen molar-refractivity contribution in [2.45, 2.75) is 44.4 Å². The maximum atomic E-state index is 11.5. The largest absolute Gasteiger partial charge is 0.394 e. The minimum Gasteiger partial charge on any atom is -0.394 e. The van der Waals surface area contributed by atoms with E-state index in [0.717, 1.165) is 31.1 Å². The highest BCUT2D eigenvalue weighted by Crippen LogP contribution is 2.32. The molecule has 1 saturated heterocycles. The first-order valence-electron chi connectivity index (χ1n) is 8.60. The van der Waals surface area contributed by atoms with Crippen molar-refractivity contribution in [1.82, 2.24) is 10.4 Å². The topological polar surface area (TPSA) is 82.0 Å². The maximum absolute atomic E-state index is 11.5. The van der Waals surface area contributed by atoms with E-state index < -0.39 is 24.2 Å². The quantitative estimate of drug-likeness (QED) is 0.472. The van der Waals surface area contributed by atoms with Crippen LogP contribution in [0.2, 0.25) is 0 Å². The number of aliphatic hydroxyl groups excluding tert-OH is 2. The molecule has 0 radical (unpaired) electrons. The number of hydroxylamine groups is 2. The van der Waals surface area contributed by atoms with Gasteiger partial charge in [-0.3, -0.25) is 4.84 Å². The minimum absolute atomic E-state index is 0.207. The number of nitrogens with one attached hydrogen (secondary N) is 1. The summed E-state index contributed by atoms with van der Waals surface area (Å²) in [6.07, 6.45) is 4.61. The second kappa shape index (κ2) is 9.30. The standard InChI is InChI=1S/C18H28N2O4/c1-13(23)18-16(11-21)20(24-17(18)12-22)10-15-6-3-5-14(9-15)7-4-8-19-2/h5,11,13,15-19,22-23H,3,6,8-10,12H2,1-2H3/t13-,15?,16+,17-,18-/m0/s1. The summed E-state index contributed by atoms with van der Waals surface area (Å²) in [5.74, 6) is 6.22. The van der Waals surface area contributed by atoms with E-state index in [0.29, 0.717) is 19.0 Å². The summed E-state index contributed by atoms with van der Waals surface area (Å²) in [4.78, 5) is 17.3. The van der Waals surface area contributed by atoms with E-state index in [-0.39, 0.29) is 6.61 Å². The minimum atomic E-state index is -0.712. The number of carbonyl (C=O) groups is 1. The lowest BCUT2D eigenvalue weighted by atomic mass is 9.87. The first-order chi connectivity index (χ1) is 11.6. The van der Waals surface area contributed by atoms with Crippen LogP contribution in [0.5, 0.6) is 0 Å². The van der Waals surface area contributed by atoms with Crippen LogP contribution in [0, 0.1) is 23.7 Å². The number of carbonyl (C=O) groups excluding carboxylic acids is 1. The molecule has 1 heterocycles. The van der Waals surface area contributed by atoms with Crippen LogP contribution in [0.1, 0.15) is 26.2 Å². The predicted octanol–water partition coefficient (Wildman–Crippen LogP) is 0.108. The fourth-order valence-electron chi connectivity index (χ4n) is 3.55. The zero-order valence-electron chi connectivity index (χ0n) is 14.4. The van der Waals surface area contributed by atoms with Crippen LogP contribution in [0.25, 0.3) is 0 Å². The molecule has 6 nitrogen and oxygen atoms in total. The lowest BCUT2D eigenvalue weighted by molar-refractivity contribution is -0.178. The van der Waals surface area contributed by atoms with Gasteiger partial charge in [0, 0.05) is 12.5 Å². The molecule has 2 rings (SSSR count). The van der Waals surface area contributed by atoms with Crippen LogP contribution >= 0.6 is 0 Å². The number of nitrogens with zero attached hydrogens (tertiary/aromatic N) is 1. The van der Waals surface area contributed by atoms with Crippen molar-refractivity contribution in [3.05, 3.63) is 11.6 Å². The molecule has 134 valence electrons. The van der Waals surface area contributed by atoms with Gasteiger partial charge < -0.3 is 20.3 Å². The van der Waals surface area contributed by atoms with Gasteiger partial charge in [-0.05, 0) is 44.7 Å². The molecule has 0 aromatic heterocycles. The molecule has 0 spiro atoms. The van der Waals surface area contributed by atoms with Crippen LogP contribution in [0.3, 0.4) is 0 Å². The smallest absolute Gasteiger partial charge is 0.139 e. The molecule has 1 aliphatic carbocycles. The Morgan fingerprint density at radius 2 is 2.38 bits per heavy atom. The number of hydrogen-bond donors (Lipinski definition) is 3. The van der Waals surface area contributed by atoms with Crippen LogP contribution in [0.15, 0.2) is 11.6 Å². The van der Waals surface area contributed by atoms with Gasteiger partial charge in [-0.1, -0.05) is 17.9 Å². The van der Waals surface area contributed by atoms with Crippen LogP contribution in [-0.2, 0) is 9.63 Å². The Morgan fingerprint density at radius 1 is 1.58 bits per heavy atom. The van der Waals surface area contributed by atoms with Crippen molar-refractivity contribution in [1.29, 1.82) is 0 Å². The van der Waals surface area contributed by atoms with E-state index in [9.17, 15) is 15.0 Å². The Bertz CT molecular complexity index is 509. The van der Waals surface area contributed by atoms with Gasteiger partial charge in [-0.15, -0.1) is 0 Å². The molecule has 1 fully saturated rings. The van der Waals surface area contributed by atoms with E-state index in [1.54, 1.807) is 12.0 Å². The summed E-state index contributed by atoms with van der Waals surface area (Å²) >= 11 is 0. The number of hydrogen-bond acceptors (Lipinski definition) is 6. The summed E-state index contributed by atoms with van der Waals surface area (Å²) in [6, 6.07) is -0.521. The molecule has 0 aromatic carbocycles. The van der Waals surface area contributed by atoms with Crippen molar-refractivity contribution in [2.75, 3.05) is 26.7 Å². The van der Waals surface area contributed by atoms with E-state index in [1.807, 2.05) is 7.05 Å². The Balaban J connectivity index is 1.99. The summed E-state index contributed by atoms with van der Waals surface area (Å²) in [6.45, 7) is 2.70. The molecular formula is C18H28N2O4. The zero-order chi connectivity index (χ0) is 17.5. The average Bonchev–Trinajstić information content (AvgIpc) is 2.93. The van der Waals surface area contributed by atoms with Gasteiger partial charge in [0.15, 0.2) is 0 Å². The molecule has 0 bridgehead atoms. The molecule has 0 saturated carbocycles. The Morgan fingerprint density at radius 3 is 3.00 bits per heavy atom. The average molecular weight is 336 g/mol. The van der Waals surface area contributed by atoms with Crippen LogP contribution < -0.4 is 5.32 Å². The summed E-state index contributed by atoms with van der Waals surface area (Å²) in [7, 11) is 1.87. The molecule has 24 heavy (non-hydrogen) atoms. The van der Waals surface area contributed by atoms with Crippen LogP contribution in [0.4, 0.5) is 0 Å². The van der Waals surface area contributed by atoms with E-state index in [4.69, 9.17) is 4.84 Å². The summed E-state index contributed by atoms with van der Waals surface area (Å²) in [5.41, 5.74) is 1.13. The Kier molecular flexibility index (Phi) is 7.40. The number of allylic oxidation sites excluding steroid dienone is 2. The molecule has 2 aliphatic rings. The van der Waals surface area contributed by atoms with E-state index in [2.05, 4.69) is 23.2 Å². The van der Waals surface area contributed by atoms with E-state index in [1.165, 1.54) is 0 Å². The van der Waals surface area contributed by atoms with Gasteiger partial charge in [0.2, 0.25) is 0 Å². The summed E-state index contributed by atoms with van der Waals surface area (Å²) < 4.78 is 0. The SMILES string of the molecule is CNCC#CC1=CCCC(CN2O[C@@H](CO)[C@@H]([C@H](C)O)[C@H]2C=O)C1. The Labute approximate surface area is 143 Å². The van der Waals surface area contributed by atoms with Crippen molar-refractivity contribution in [3.63, 3.8) is 0 Å². The fourth-order valence-corrected chi connectivity index (χ4v) is 3.55. The van der Waals surface area contributed by atoms with E-state index >= 15 is 0 Å². The molecule has 0 amide bonds. The molecule has 5 atom stereocenters. The Hall–Kier alpha value is -1.23. The number of rotatable bonds is 6. The second-order valence-corrected chi connectivity index (χ2v) is 6.58. The number of aldehydes is 1. The van der Waals surface area contributed by atoms with Crippen molar-refractivity contribution in [3.8, 4) is 11.8 Å². The molecule has 1 aliphatic heterocycles. The molecule has 0 aromatic rings. The molecule has 1 unspecified atom stereocenters. The molecule has 6 heteroatoms. The normalized spacial score (nSPS) is 31.9. The van der Waals surface area contributed by atoms with Gasteiger partial charge >= 0.3 is 0 Å². The first kappa shape index (κ1) is 19.1. The maximum Gasteiger partial charge on any atom is 0.139 e. The predicted molar refractivity (Wildman–Crippen MR) is 90.8 cm³/mol. The van der Waals surface area contributed by atoms with Gasteiger partial charge in [-0.2, -0.15) is 5.06 Å². The lowest BCUT2D eigenvalue weighted by Crippen LogP contribution is -2.41. The van der Waals surface area contributed by atoms with Crippen molar-refractivity contribution < 1.29 is 19.8 Å². The highest BCUT2D eigenvalue weighted by Gasteiger charge is 2.45. The number of aliphatic hydroxyl groups is 2. The highest BCUT2D eigenvalue weighted by atomic mass is 16.7. The second-order valence-electron chi connectivity index (χ2n) is 6.58. The molecule has 3 N–H and O–H groups in total. The summed E-state index contributed by atoms with van der Waals surface area (Å²) in [5, 5.41) is 24.1. The van der Waals surface area contributed by atoms with Gasteiger partial charge in [0.1, 0.15) is 12.4 Å². The third-order valence-corrected chi connectivity index (χ3v) is 4.73. The molecular weight excluding hydrogens is 308 g/mol. The third-order valence-electron chi connectivity index (χ3n) is 4.73. The highest BCUT2D eigenvalue weighted by molar-refractivity contribution is 5.59. The van der Waals surface area contributed by atoms with Crippen molar-refractivity contribution in [2.24, 2.45) is 11.8 Å². The van der Waals surface area contributed by atoms with Gasteiger partial charge in [0.25, 0.3) is 0 Å². The van der Waals surface area contributed by atoms with Crippen molar-refractivity contribution >= 4 is 6.29 Å². The third kappa shape index (κ3) is 4.65. The zero-order valence-corrected chi connectivity index (χ0v) is 14.4. The van der Waals surface area contributed by atoms with Gasteiger partial charge in [-0.25, -0.2) is 0 Å². The lowest BCUT2D eigenvalue weighted by Gasteiger charge is -2.28.